The summed E-state index contributed by atoms with van der Waals surface area (Å²) >= 11 is 0. The van der Waals surface area contributed by atoms with E-state index in [0.717, 1.165) is 11.1 Å². The van der Waals surface area contributed by atoms with E-state index in [2.05, 4.69) is 6.58 Å². The van der Waals surface area contributed by atoms with Crippen LogP contribution in [0.25, 0.3) is 0 Å². The van der Waals surface area contributed by atoms with E-state index < -0.39 is 5.97 Å². The summed E-state index contributed by atoms with van der Waals surface area (Å²) in [6.45, 7) is 7.58. The normalized spacial score (nSPS) is 10.0. The zero-order chi connectivity index (χ0) is 15.8. The number of hydrogen-bond donors (Lipinski definition) is 1. The van der Waals surface area contributed by atoms with Crippen LogP contribution in [0.15, 0.2) is 30.9 Å². The van der Waals surface area contributed by atoms with Crippen LogP contribution in [0.3, 0.4) is 0 Å². The van der Waals surface area contributed by atoms with Crippen LogP contribution >= 0.6 is 0 Å². The molecule has 0 aliphatic rings. The van der Waals surface area contributed by atoms with Gasteiger partial charge in [-0.05, 0) is 37.1 Å². The van der Waals surface area contributed by atoms with Crippen molar-refractivity contribution in [1.82, 2.24) is 4.90 Å². The van der Waals surface area contributed by atoms with Crippen LogP contribution in [0.5, 0.6) is 5.75 Å². The highest BCUT2D eigenvalue weighted by Crippen LogP contribution is 2.16. The molecule has 0 atom stereocenters. The number of carbonyl (C=O) groups is 2. The Bertz CT molecular complexity index is 505. The molecular formula is C16H21NO4. The highest BCUT2D eigenvalue weighted by Gasteiger charge is 2.15. The molecule has 5 nitrogen and oxygen atoms in total. The summed E-state index contributed by atoms with van der Waals surface area (Å²) in [7, 11) is 0. The molecule has 0 radical (unpaired) electrons. The average Bonchev–Trinajstić information content (AvgIpc) is 2.36. The first-order valence-corrected chi connectivity index (χ1v) is 6.74. The lowest BCUT2D eigenvalue weighted by Crippen LogP contribution is -2.36. The van der Waals surface area contributed by atoms with Crippen LogP contribution in [-0.4, -0.2) is 41.6 Å². The van der Waals surface area contributed by atoms with Crippen molar-refractivity contribution < 1.29 is 19.4 Å². The number of rotatable bonds is 8. The summed E-state index contributed by atoms with van der Waals surface area (Å²) in [5.74, 6) is -0.587. The largest absolute Gasteiger partial charge is 0.493 e. The van der Waals surface area contributed by atoms with Gasteiger partial charge in [0.25, 0.3) is 0 Å². The Morgan fingerprint density at radius 1 is 1.29 bits per heavy atom. The predicted octanol–water partition coefficient (Wildman–Crippen LogP) is 2.17. The average molecular weight is 291 g/mol. The van der Waals surface area contributed by atoms with Crippen LogP contribution in [0.1, 0.15) is 17.5 Å². The van der Waals surface area contributed by atoms with Crippen molar-refractivity contribution in [1.29, 1.82) is 0 Å². The lowest BCUT2D eigenvalue weighted by Gasteiger charge is -2.19. The predicted molar refractivity (Wildman–Crippen MR) is 80.4 cm³/mol. The minimum absolute atomic E-state index is 0.133. The molecule has 0 aromatic heterocycles. The molecule has 1 aromatic carbocycles. The topological polar surface area (TPSA) is 66.8 Å². The van der Waals surface area contributed by atoms with Gasteiger partial charge in [0.1, 0.15) is 12.3 Å². The molecule has 0 aliphatic heterocycles. The minimum atomic E-state index is -1.04. The van der Waals surface area contributed by atoms with E-state index in [0.29, 0.717) is 5.75 Å². The molecule has 1 aromatic rings. The van der Waals surface area contributed by atoms with Gasteiger partial charge in [0, 0.05) is 6.54 Å². The molecule has 0 fully saturated rings. The SMILES string of the molecule is C=CCN(CC(=O)O)C(=O)CCOc1cc(C)cc(C)c1. The van der Waals surface area contributed by atoms with E-state index in [1.54, 1.807) is 0 Å². The van der Waals surface area contributed by atoms with Gasteiger partial charge in [0.15, 0.2) is 0 Å². The molecule has 21 heavy (non-hydrogen) atoms. The third-order valence-corrected chi connectivity index (χ3v) is 2.81. The van der Waals surface area contributed by atoms with Crippen molar-refractivity contribution in [3.05, 3.63) is 42.0 Å². The van der Waals surface area contributed by atoms with E-state index in [9.17, 15) is 9.59 Å². The van der Waals surface area contributed by atoms with Gasteiger partial charge in [-0.2, -0.15) is 0 Å². The summed E-state index contributed by atoms with van der Waals surface area (Å²) in [6, 6.07) is 5.84. The highest BCUT2D eigenvalue weighted by atomic mass is 16.5. The van der Waals surface area contributed by atoms with Gasteiger partial charge in [0.2, 0.25) is 5.91 Å². The number of aryl methyl sites for hydroxylation is 2. The Labute approximate surface area is 124 Å². The van der Waals surface area contributed by atoms with E-state index in [1.165, 1.54) is 11.0 Å². The maximum atomic E-state index is 11.9. The quantitative estimate of drug-likeness (QED) is 0.745. The third-order valence-electron chi connectivity index (χ3n) is 2.81. The molecule has 0 bridgehead atoms. The Morgan fingerprint density at radius 3 is 2.43 bits per heavy atom. The van der Waals surface area contributed by atoms with Crippen LogP contribution in [0, 0.1) is 13.8 Å². The lowest BCUT2D eigenvalue weighted by molar-refractivity contribution is -0.144. The van der Waals surface area contributed by atoms with Gasteiger partial charge >= 0.3 is 5.97 Å². The van der Waals surface area contributed by atoms with Crippen LogP contribution in [-0.2, 0) is 9.59 Å². The number of carbonyl (C=O) groups excluding carboxylic acids is 1. The molecule has 0 heterocycles. The first-order valence-electron chi connectivity index (χ1n) is 6.74. The minimum Gasteiger partial charge on any atom is -0.493 e. The smallest absolute Gasteiger partial charge is 0.323 e. The number of aliphatic carboxylic acids is 1. The van der Waals surface area contributed by atoms with Crippen LogP contribution in [0.4, 0.5) is 0 Å². The van der Waals surface area contributed by atoms with Gasteiger partial charge < -0.3 is 14.7 Å². The second-order valence-electron chi connectivity index (χ2n) is 4.88. The highest BCUT2D eigenvalue weighted by molar-refractivity contribution is 5.81. The summed E-state index contributed by atoms with van der Waals surface area (Å²) < 4.78 is 5.55. The molecule has 1 N–H and O–H groups in total. The second kappa shape index (κ2) is 8.09. The molecule has 1 amide bonds. The van der Waals surface area contributed by atoms with Crippen molar-refractivity contribution >= 4 is 11.9 Å². The summed E-state index contributed by atoms with van der Waals surface area (Å²) in [6.07, 6.45) is 1.64. The van der Waals surface area contributed by atoms with Crippen molar-refractivity contribution in [2.75, 3.05) is 19.7 Å². The number of benzene rings is 1. The summed E-state index contributed by atoms with van der Waals surface area (Å²) in [5.41, 5.74) is 2.19. The molecule has 0 spiro atoms. The Kier molecular flexibility index (Phi) is 6.46. The monoisotopic (exact) mass is 291 g/mol. The fourth-order valence-electron chi connectivity index (χ4n) is 2.00. The number of carboxylic acids is 1. The Balaban J connectivity index is 2.50. The lowest BCUT2D eigenvalue weighted by atomic mass is 10.1. The molecule has 1 rings (SSSR count). The molecule has 5 heteroatoms. The van der Waals surface area contributed by atoms with Crippen LogP contribution < -0.4 is 4.74 Å². The number of nitrogens with zero attached hydrogens (tertiary/aromatic N) is 1. The standard InChI is InChI=1S/C16H21NO4/c1-4-6-17(11-16(19)20)15(18)5-7-21-14-9-12(2)8-13(3)10-14/h4,8-10H,1,5-7,11H2,2-3H3,(H,19,20). The van der Waals surface area contributed by atoms with Crippen LogP contribution in [0.2, 0.25) is 0 Å². The second-order valence-corrected chi connectivity index (χ2v) is 4.88. The first kappa shape index (κ1) is 16.8. The van der Waals surface area contributed by atoms with E-state index in [4.69, 9.17) is 9.84 Å². The number of amides is 1. The zero-order valence-electron chi connectivity index (χ0n) is 12.5. The maximum absolute atomic E-state index is 11.9. The van der Waals surface area contributed by atoms with Gasteiger partial charge in [0.05, 0.1) is 13.0 Å². The fourth-order valence-corrected chi connectivity index (χ4v) is 2.00. The molecule has 114 valence electrons. The number of hydrogen-bond acceptors (Lipinski definition) is 3. The number of carboxylic acid groups (broad SMARTS) is 1. The summed E-state index contributed by atoms with van der Waals surface area (Å²) in [5, 5.41) is 8.76. The molecular weight excluding hydrogens is 270 g/mol. The Morgan fingerprint density at radius 2 is 1.90 bits per heavy atom. The van der Waals surface area contributed by atoms with Crippen molar-refractivity contribution in [3.8, 4) is 5.75 Å². The van der Waals surface area contributed by atoms with Gasteiger partial charge in [-0.25, -0.2) is 0 Å². The van der Waals surface area contributed by atoms with Gasteiger partial charge in [-0.1, -0.05) is 12.1 Å². The molecule has 0 saturated heterocycles. The van der Waals surface area contributed by atoms with E-state index >= 15 is 0 Å². The third kappa shape index (κ3) is 6.12. The van der Waals surface area contributed by atoms with Gasteiger partial charge in [-0.3, -0.25) is 9.59 Å². The van der Waals surface area contributed by atoms with E-state index in [1.807, 2.05) is 32.0 Å². The van der Waals surface area contributed by atoms with Gasteiger partial charge in [-0.15, -0.1) is 6.58 Å². The molecule has 0 aliphatic carbocycles. The van der Waals surface area contributed by atoms with E-state index in [-0.39, 0.29) is 32.0 Å². The Hall–Kier alpha value is -2.30. The molecule has 0 unspecified atom stereocenters. The fraction of sp³-hybridized carbons (Fsp3) is 0.375. The first-order chi connectivity index (χ1) is 9.92. The van der Waals surface area contributed by atoms with Crippen molar-refractivity contribution in [3.63, 3.8) is 0 Å². The van der Waals surface area contributed by atoms with Crippen molar-refractivity contribution in [2.24, 2.45) is 0 Å². The zero-order valence-corrected chi connectivity index (χ0v) is 12.5. The maximum Gasteiger partial charge on any atom is 0.323 e. The molecule has 0 saturated carbocycles. The number of ether oxygens (including phenoxy) is 1. The summed E-state index contributed by atoms with van der Waals surface area (Å²) in [4.78, 5) is 23.9. The van der Waals surface area contributed by atoms with Crippen molar-refractivity contribution in [2.45, 2.75) is 20.3 Å².